The zero-order valence-corrected chi connectivity index (χ0v) is 35.3. The van der Waals surface area contributed by atoms with E-state index in [1.54, 1.807) is 0 Å². The molecule has 0 amide bonds. The number of anilines is 3. The van der Waals surface area contributed by atoms with Gasteiger partial charge in [-0.3, -0.25) is 0 Å². The van der Waals surface area contributed by atoms with Crippen molar-refractivity contribution in [2.45, 2.75) is 5.41 Å². The van der Waals surface area contributed by atoms with Crippen molar-refractivity contribution < 1.29 is 0 Å². The molecule has 0 atom stereocenters. The van der Waals surface area contributed by atoms with Gasteiger partial charge >= 0.3 is 0 Å². The molecule has 0 saturated heterocycles. The summed E-state index contributed by atoms with van der Waals surface area (Å²) in [5, 5.41) is 2.56. The number of para-hydroxylation sites is 1. The predicted molar refractivity (Wildman–Crippen MR) is 268 cm³/mol. The molecule has 10 aromatic carbocycles. The number of hydrogen-bond donors (Lipinski definition) is 0. The smallest absolute Gasteiger partial charge is 0.0714 e. The van der Waals surface area contributed by atoms with Crippen molar-refractivity contribution in [2.75, 3.05) is 4.90 Å². The predicted octanol–water partition coefficient (Wildman–Crippen LogP) is 16.9. The number of benzene rings is 10. The number of rotatable bonds is 8. The average molecular weight is 820 g/mol. The van der Waals surface area contributed by atoms with Crippen molar-refractivity contribution in [3.8, 4) is 44.5 Å². The molecule has 1 aromatic heterocycles. The fourth-order valence-corrected chi connectivity index (χ4v) is 11.3. The van der Waals surface area contributed by atoms with Crippen LogP contribution in [0.15, 0.2) is 249 Å². The summed E-state index contributed by atoms with van der Waals surface area (Å²) in [6, 6.07) is 91.7. The first kappa shape index (κ1) is 37.0. The van der Waals surface area contributed by atoms with Crippen molar-refractivity contribution in [3.05, 3.63) is 271 Å². The van der Waals surface area contributed by atoms with Gasteiger partial charge in [-0.2, -0.15) is 0 Å². The maximum absolute atomic E-state index is 2.53. The zero-order valence-electron chi connectivity index (χ0n) is 34.5. The van der Waals surface area contributed by atoms with Gasteiger partial charge in [0.25, 0.3) is 0 Å². The van der Waals surface area contributed by atoms with Crippen molar-refractivity contribution in [1.82, 2.24) is 0 Å². The lowest BCUT2D eigenvalue weighted by molar-refractivity contribution is 0.768. The van der Waals surface area contributed by atoms with Crippen LogP contribution in [0.1, 0.15) is 22.3 Å². The summed E-state index contributed by atoms with van der Waals surface area (Å²) in [6.07, 6.45) is 0. The molecule has 12 rings (SSSR count). The Hall–Kier alpha value is -7.78. The summed E-state index contributed by atoms with van der Waals surface area (Å²) < 4.78 is 2.55. The van der Waals surface area contributed by atoms with Gasteiger partial charge < -0.3 is 4.90 Å². The molecule has 0 fully saturated rings. The minimum Gasteiger partial charge on any atom is -0.308 e. The van der Waals surface area contributed by atoms with Gasteiger partial charge in [-0.15, -0.1) is 11.3 Å². The molecular weight excluding hydrogens is 779 g/mol. The monoisotopic (exact) mass is 819 g/mol. The second-order valence-corrected chi connectivity index (χ2v) is 17.4. The van der Waals surface area contributed by atoms with Crippen LogP contribution in [0.25, 0.3) is 64.7 Å². The van der Waals surface area contributed by atoms with Crippen LogP contribution < -0.4 is 4.90 Å². The van der Waals surface area contributed by atoms with Crippen molar-refractivity contribution in [3.63, 3.8) is 0 Å². The van der Waals surface area contributed by atoms with Crippen LogP contribution in [-0.2, 0) is 5.41 Å². The van der Waals surface area contributed by atoms with E-state index < -0.39 is 5.41 Å². The molecule has 0 N–H and O–H groups in total. The maximum atomic E-state index is 2.53. The van der Waals surface area contributed by atoms with Crippen LogP contribution in [0, 0.1) is 0 Å². The maximum Gasteiger partial charge on any atom is 0.0714 e. The first-order valence-electron chi connectivity index (χ1n) is 21.7. The zero-order chi connectivity index (χ0) is 41.7. The first-order valence-corrected chi connectivity index (χ1v) is 22.5. The normalized spacial score (nSPS) is 12.6. The highest BCUT2D eigenvalue weighted by atomic mass is 32.1. The minimum atomic E-state index is -0.587. The van der Waals surface area contributed by atoms with Gasteiger partial charge in [0.05, 0.1) is 21.5 Å². The summed E-state index contributed by atoms with van der Waals surface area (Å²) >= 11 is 1.87. The Morgan fingerprint density at radius 3 is 1.51 bits per heavy atom. The number of hydrogen-bond acceptors (Lipinski definition) is 2. The molecule has 0 unspecified atom stereocenters. The van der Waals surface area contributed by atoms with Gasteiger partial charge in [0.1, 0.15) is 0 Å². The lowest BCUT2D eigenvalue weighted by atomic mass is 9.67. The third kappa shape index (κ3) is 6.06. The highest BCUT2D eigenvalue weighted by molar-refractivity contribution is 7.26. The molecule has 2 heteroatoms. The van der Waals surface area contributed by atoms with Crippen molar-refractivity contribution in [1.29, 1.82) is 0 Å². The molecule has 1 aliphatic rings. The topological polar surface area (TPSA) is 3.24 Å². The number of thiophene rings is 1. The van der Waals surface area contributed by atoms with Gasteiger partial charge in [-0.25, -0.2) is 0 Å². The van der Waals surface area contributed by atoms with Gasteiger partial charge in [-0.05, 0) is 97.6 Å². The summed E-state index contributed by atoms with van der Waals surface area (Å²) in [7, 11) is 0. The molecule has 0 spiro atoms. The van der Waals surface area contributed by atoms with E-state index in [1.165, 1.54) is 86.9 Å². The Bertz CT molecular complexity index is 3390. The molecule has 0 radical (unpaired) electrons. The lowest BCUT2D eigenvalue weighted by Crippen LogP contribution is -2.28. The van der Waals surface area contributed by atoms with Crippen LogP contribution in [0.5, 0.6) is 0 Å². The van der Waals surface area contributed by atoms with Gasteiger partial charge in [-0.1, -0.05) is 212 Å². The van der Waals surface area contributed by atoms with E-state index in [0.29, 0.717) is 0 Å². The van der Waals surface area contributed by atoms with E-state index in [1.807, 2.05) is 11.3 Å². The van der Waals surface area contributed by atoms with Crippen molar-refractivity contribution >= 4 is 48.6 Å². The van der Waals surface area contributed by atoms with Crippen LogP contribution >= 0.6 is 11.3 Å². The third-order valence-electron chi connectivity index (χ3n) is 13.0. The molecule has 1 aliphatic carbocycles. The van der Waals surface area contributed by atoms with E-state index in [9.17, 15) is 0 Å². The van der Waals surface area contributed by atoms with Crippen LogP contribution in [0.4, 0.5) is 17.1 Å². The van der Waals surface area contributed by atoms with Crippen LogP contribution in [0.3, 0.4) is 0 Å². The highest BCUT2D eigenvalue weighted by Crippen LogP contribution is 2.58. The Balaban J connectivity index is 1.13. The molecule has 0 saturated carbocycles. The van der Waals surface area contributed by atoms with E-state index in [2.05, 4.69) is 254 Å². The average Bonchev–Trinajstić information content (AvgIpc) is 3.89. The summed E-state index contributed by atoms with van der Waals surface area (Å²) in [5.41, 5.74) is 17.6. The minimum absolute atomic E-state index is 0.587. The fourth-order valence-electron chi connectivity index (χ4n) is 10.1. The number of nitrogens with zero attached hydrogens (tertiary/aromatic N) is 1. The largest absolute Gasteiger partial charge is 0.308 e. The van der Waals surface area contributed by atoms with Gasteiger partial charge in [0.15, 0.2) is 0 Å². The molecule has 296 valence electrons. The second-order valence-electron chi connectivity index (χ2n) is 16.4. The first-order chi connectivity index (χ1) is 31.3. The Morgan fingerprint density at radius 2 is 0.810 bits per heavy atom. The van der Waals surface area contributed by atoms with E-state index in [0.717, 1.165) is 17.1 Å². The van der Waals surface area contributed by atoms with Crippen LogP contribution in [-0.4, -0.2) is 0 Å². The van der Waals surface area contributed by atoms with Crippen LogP contribution in [0.2, 0.25) is 0 Å². The summed E-state index contributed by atoms with van der Waals surface area (Å²) in [5.74, 6) is 0. The highest BCUT2D eigenvalue weighted by Gasteiger charge is 2.46. The third-order valence-corrected chi connectivity index (χ3v) is 14.2. The van der Waals surface area contributed by atoms with Gasteiger partial charge in [0, 0.05) is 26.7 Å². The molecular formula is C61H41NS. The molecule has 1 heterocycles. The van der Waals surface area contributed by atoms with E-state index in [4.69, 9.17) is 0 Å². The van der Waals surface area contributed by atoms with Crippen molar-refractivity contribution in [2.24, 2.45) is 0 Å². The molecule has 63 heavy (non-hydrogen) atoms. The quantitative estimate of drug-likeness (QED) is 0.148. The second kappa shape index (κ2) is 15.3. The molecule has 11 aromatic rings. The Kier molecular flexibility index (Phi) is 8.98. The lowest BCUT2D eigenvalue weighted by Gasteiger charge is -2.35. The molecule has 0 aliphatic heterocycles. The Morgan fingerprint density at radius 1 is 0.317 bits per heavy atom. The fraction of sp³-hybridized carbons (Fsp3) is 0.0164. The number of fused-ring (bicyclic) bond motifs is 6. The van der Waals surface area contributed by atoms with Gasteiger partial charge in [0.2, 0.25) is 0 Å². The summed E-state index contributed by atoms with van der Waals surface area (Å²) in [4.78, 5) is 2.53. The SMILES string of the molecule is c1ccc(-c2ccc(-c3ccccc3N(c3ccc4c(c3)C(c3ccccc3)(c3ccccc3)c3cc(-c5ccccc5)ccc3-4)c3cccc4c3sc3ccccc34)cc2)cc1. The molecule has 1 nitrogen and oxygen atoms in total. The summed E-state index contributed by atoms with van der Waals surface area (Å²) in [6.45, 7) is 0. The van der Waals surface area contributed by atoms with E-state index >= 15 is 0 Å². The molecule has 0 bridgehead atoms. The standard InChI is InChI=1S/C61H41NS/c1-5-18-42(19-6-1)44-32-34-45(35-33-44)50-26-13-15-29-57(50)62(58-30-17-28-54-53-27-14-16-31-59(53)63-60(54)58)49-37-39-52-51-38-36-46(43-20-7-2-8-21-43)40-55(51)61(56(52)41-49,47-22-9-3-10-23-47)48-24-11-4-12-25-48/h1-41H. The Labute approximate surface area is 372 Å². The van der Waals surface area contributed by atoms with E-state index in [-0.39, 0.29) is 0 Å².